The maximum absolute atomic E-state index is 11.3. The van der Waals surface area contributed by atoms with E-state index < -0.39 is 0 Å². The Bertz CT molecular complexity index is 269. The Labute approximate surface area is 99.1 Å². The van der Waals surface area contributed by atoms with E-state index in [1.165, 1.54) is 5.56 Å². The zero-order chi connectivity index (χ0) is 12.2. The van der Waals surface area contributed by atoms with Crippen LogP contribution in [0.25, 0.3) is 0 Å². The van der Waals surface area contributed by atoms with E-state index in [9.17, 15) is 4.79 Å². The zero-order valence-corrected chi connectivity index (χ0v) is 10.6. The Morgan fingerprint density at radius 3 is 2.38 bits per heavy atom. The molecule has 0 bridgehead atoms. The summed E-state index contributed by atoms with van der Waals surface area (Å²) in [5.41, 5.74) is 1.22. The second-order valence-corrected chi connectivity index (χ2v) is 3.34. The molecule has 0 aliphatic rings. The maximum atomic E-state index is 11.3. The van der Waals surface area contributed by atoms with Crippen molar-refractivity contribution in [1.82, 2.24) is 5.32 Å². The van der Waals surface area contributed by atoms with Gasteiger partial charge in [0.15, 0.2) is 0 Å². The molecule has 0 spiro atoms. The molecule has 0 aliphatic carbocycles. The molecule has 1 aromatic rings. The van der Waals surface area contributed by atoms with E-state index in [1.807, 2.05) is 44.2 Å². The molecule has 1 aromatic carbocycles. The molecule has 0 radical (unpaired) electrons. The van der Waals surface area contributed by atoms with Crippen LogP contribution in [0.3, 0.4) is 0 Å². The van der Waals surface area contributed by atoms with E-state index in [-0.39, 0.29) is 5.91 Å². The number of aryl methyl sites for hydroxylation is 1. The van der Waals surface area contributed by atoms with Crippen molar-refractivity contribution in [2.75, 3.05) is 6.54 Å². The molecule has 0 aliphatic heterocycles. The normalized spacial score (nSPS) is 8.94. The quantitative estimate of drug-likeness (QED) is 0.813. The molecule has 0 aromatic heterocycles. The summed E-state index contributed by atoms with van der Waals surface area (Å²) < 4.78 is 0. The SMILES string of the molecule is CC.CCCNC(=O)CCc1ccccc1. The average molecular weight is 221 g/mol. The van der Waals surface area contributed by atoms with Crippen molar-refractivity contribution in [3.8, 4) is 0 Å². The van der Waals surface area contributed by atoms with Crippen LogP contribution in [0.2, 0.25) is 0 Å². The molecule has 0 saturated heterocycles. The summed E-state index contributed by atoms with van der Waals surface area (Å²) in [4.78, 5) is 11.3. The molecule has 0 saturated carbocycles. The molecule has 90 valence electrons. The maximum Gasteiger partial charge on any atom is 0.220 e. The van der Waals surface area contributed by atoms with Crippen LogP contribution >= 0.6 is 0 Å². The molecule has 2 heteroatoms. The molecule has 1 N–H and O–H groups in total. The third kappa shape index (κ3) is 7.04. The Balaban J connectivity index is 0.00000106. The topological polar surface area (TPSA) is 29.1 Å². The second kappa shape index (κ2) is 10.2. The molecule has 1 amide bonds. The molecule has 0 unspecified atom stereocenters. The molecule has 0 atom stereocenters. The van der Waals surface area contributed by atoms with Crippen molar-refractivity contribution >= 4 is 5.91 Å². The van der Waals surface area contributed by atoms with E-state index in [0.717, 1.165) is 19.4 Å². The number of rotatable bonds is 5. The number of hydrogen-bond donors (Lipinski definition) is 1. The predicted molar refractivity (Wildman–Crippen MR) is 69.4 cm³/mol. The highest BCUT2D eigenvalue weighted by atomic mass is 16.1. The van der Waals surface area contributed by atoms with Crippen LogP contribution in [0.5, 0.6) is 0 Å². The summed E-state index contributed by atoms with van der Waals surface area (Å²) in [6.45, 7) is 6.84. The van der Waals surface area contributed by atoms with Gasteiger partial charge in [-0.2, -0.15) is 0 Å². The zero-order valence-electron chi connectivity index (χ0n) is 10.6. The summed E-state index contributed by atoms with van der Waals surface area (Å²) >= 11 is 0. The van der Waals surface area contributed by atoms with Crippen LogP contribution in [-0.2, 0) is 11.2 Å². The first-order chi connectivity index (χ1) is 7.83. The summed E-state index contributed by atoms with van der Waals surface area (Å²) in [5, 5.41) is 2.86. The molecule has 1 rings (SSSR count). The van der Waals surface area contributed by atoms with Crippen molar-refractivity contribution in [3.63, 3.8) is 0 Å². The summed E-state index contributed by atoms with van der Waals surface area (Å²) in [5.74, 6) is 0.149. The number of carbonyl (C=O) groups excluding carboxylic acids is 1. The summed E-state index contributed by atoms with van der Waals surface area (Å²) in [6, 6.07) is 10.1. The van der Waals surface area contributed by atoms with Gasteiger partial charge in [0.1, 0.15) is 0 Å². The minimum Gasteiger partial charge on any atom is -0.356 e. The smallest absolute Gasteiger partial charge is 0.220 e. The van der Waals surface area contributed by atoms with Gasteiger partial charge in [-0.15, -0.1) is 0 Å². The number of carbonyl (C=O) groups is 1. The van der Waals surface area contributed by atoms with Gasteiger partial charge in [0, 0.05) is 13.0 Å². The molecular formula is C14H23NO. The van der Waals surface area contributed by atoms with E-state index >= 15 is 0 Å². The van der Waals surface area contributed by atoms with E-state index in [2.05, 4.69) is 12.2 Å². The van der Waals surface area contributed by atoms with E-state index in [1.54, 1.807) is 0 Å². The van der Waals surface area contributed by atoms with Crippen LogP contribution in [0.4, 0.5) is 0 Å². The molecule has 0 fully saturated rings. The van der Waals surface area contributed by atoms with Gasteiger partial charge in [-0.05, 0) is 18.4 Å². The Hall–Kier alpha value is -1.31. The van der Waals surface area contributed by atoms with Gasteiger partial charge in [0.25, 0.3) is 0 Å². The highest BCUT2D eigenvalue weighted by Crippen LogP contribution is 2.01. The van der Waals surface area contributed by atoms with Crippen LogP contribution in [0.15, 0.2) is 30.3 Å². The fourth-order valence-electron chi connectivity index (χ4n) is 1.26. The Morgan fingerprint density at radius 1 is 1.19 bits per heavy atom. The molecule has 16 heavy (non-hydrogen) atoms. The van der Waals surface area contributed by atoms with Gasteiger partial charge in [-0.25, -0.2) is 0 Å². The highest BCUT2D eigenvalue weighted by Gasteiger charge is 1.99. The van der Waals surface area contributed by atoms with Crippen molar-refractivity contribution in [3.05, 3.63) is 35.9 Å². The van der Waals surface area contributed by atoms with Gasteiger partial charge >= 0.3 is 0 Å². The average Bonchev–Trinajstić information content (AvgIpc) is 2.37. The Kier molecular flexibility index (Phi) is 9.38. The number of benzene rings is 1. The van der Waals surface area contributed by atoms with Crippen LogP contribution < -0.4 is 5.32 Å². The van der Waals surface area contributed by atoms with Crippen LogP contribution in [0, 0.1) is 0 Å². The minimum absolute atomic E-state index is 0.149. The van der Waals surface area contributed by atoms with Crippen molar-refractivity contribution in [2.45, 2.75) is 40.0 Å². The van der Waals surface area contributed by atoms with Crippen molar-refractivity contribution in [2.24, 2.45) is 0 Å². The molecule has 0 heterocycles. The Morgan fingerprint density at radius 2 is 1.81 bits per heavy atom. The van der Waals surface area contributed by atoms with Crippen molar-refractivity contribution in [1.29, 1.82) is 0 Å². The number of hydrogen-bond acceptors (Lipinski definition) is 1. The standard InChI is InChI=1S/C12H17NO.C2H6/c1-2-10-13-12(14)9-8-11-6-4-3-5-7-11;1-2/h3-7H,2,8-10H2,1H3,(H,13,14);1-2H3. The lowest BCUT2D eigenvalue weighted by molar-refractivity contribution is -0.121. The lowest BCUT2D eigenvalue weighted by Crippen LogP contribution is -2.24. The second-order valence-electron chi connectivity index (χ2n) is 3.34. The third-order valence-electron chi connectivity index (χ3n) is 2.06. The van der Waals surface area contributed by atoms with Gasteiger partial charge in [-0.1, -0.05) is 51.1 Å². The number of amides is 1. The number of nitrogens with one attached hydrogen (secondary N) is 1. The molecule has 2 nitrogen and oxygen atoms in total. The van der Waals surface area contributed by atoms with E-state index in [0.29, 0.717) is 6.42 Å². The first kappa shape index (κ1) is 14.7. The predicted octanol–water partition coefficient (Wildman–Crippen LogP) is 3.17. The lowest BCUT2D eigenvalue weighted by Gasteiger charge is -2.03. The highest BCUT2D eigenvalue weighted by molar-refractivity contribution is 5.76. The van der Waals surface area contributed by atoms with Gasteiger partial charge < -0.3 is 5.32 Å². The largest absolute Gasteiger partial charge is 0.356 e. The molecular weight excluding hydrogens is 198 g/mol. The van der Waals surface area contributed by atoms with Crippen LogP contribution in [0.1, 0.15) is 39.2 Å². The van der Waals surface area contributed by atoms with Crippen LogP contribution in [-0.4, -0.2) is 12.5 Å². The van der Waals surface area contributed by atoms with Gasteiger partial charge in [0.2, 0.25) is 5.91 Å². The fraction of sp³-hybridized carbons (Fsp3) is 0.500. The first-order valence-electron chi connectivity index (χ1n) is 6.13. The van der Waals surface area contributed by atoms with Gasteiger partial charge in [-0.3, -0.25) is 4.79 Å². The van der Waals surface area contributed by atoms with Gasteiger partial charge in [0.05, 0.1) is 0 Å². The van der Waals surface area contributed by atoms with Crippen molar-refractivity contribution < 1.29 is 4.79 Å². The fourth-order valence-corrected chi connectivity index (χ4v) is 1.26. The summed E-state index contributed by atoms with van der Waals surface area (Å²) in [7, 11) is 0. The first-order valence-corrected chi connectivity index (χ1v) is 6.13. The minimum atomic E-state index is 0.149. The summed E-state index contributed by atoms with van der Waals surface area (Å²) in [6.07, 6.45) is 2.41. The monoisotopic (exact) mass is 221 g/mol. The third-order valence-corrected chi connectivity index (χ3v) is 2.06. The van der Waals surface area contributed by atoms with E-state index in [4.69, 9.17) is 0 Å². The lowest BCUT2D eigenvalue weighted by atomic mass is 10.1.